The summed E-state index contributed by atoms with van der Waals surface area (Å²) in [4.78, 5) is 0. The second-order valence-electron chi connectivity index (χ2n) is 4.47. The minimum atomic E-state index is -0.332. The first-order chi connectivity index (χ1) is 9.19. The first-order valence-electron chi connectivity index (χ1n) is 6.42. The monoisotopic (exact) mass is 259 g/mol. The highest BCUT2D eigenvalue weighted by Gasteiger charge is 2.07. The summed E-state index contributed by atoms with van der Waals surface area (Å²) in [5.74, 6) is 0.504. The molecule has 0 saturated carbocycles. The van der Waals surface area contributed by atoms with Gasteiger partial charge in [0.15, 0.2) is 0 Å². The molecular weight excluding hydrogens is 241 g/mol. The van der Waals surface area contributed by atoms with Gasteiger partial charge in [0.1, 0.15) is 18.2 Å². The highest BCUT2D eigenvalue weighted by molar-refractivity contribution is 5.27. The van der Waals surface area contributed by atoms with Gasteiger partial charge < -0.3 is 10.5 Å². The highest BCUT2D eigenvalue weighted by atomic mass is 19.1. The molecule has 0 heterocycles. The summed E-state index contributed by atoms with van der Waals surface area (Å²) in [5, 5.41) is 0. The van der Waals surface area contributed by atoms with Gasteiger partial charge in [-0.1, -0.05) is 31.2 Å². The summed E-state index contributed by atoms with van der Waals surface area (Å²) < 4.78 is 18.7. The van der Waals surface area contributed by atoms with Gasteiger partial charge in [0.05, 0.1) is 6.04 Å². The van der Waals surface area contributed by atoms with E-state index in [4.69, 9.17) is 10.5 Å². The fourth-order valence-electron chi connectivity index (χ4n) is 1.84. The average molecular weight is 259 g/mol. The summed E-state index contributed by atoms with van der Waals surface area (Å²) >= 11 is 0. The maximum atomic E-state index is 13.1. The fraction of sp³-hybridized carbons (Fsp3) is 0.250. The molecule has 0 amide bonds. The van der Waals surface area contributed by atoms with Gasteiger partial charge in [-0.15, -0.1) is 0 Å². The summed E-state index contributed by atoms with van der Waals surface area (Å²) in [6.45, 7) is 2.44. The molecule has 2 nitrogen and oxygen atoms in total. The Balaban J connectivity index is 1.94. The Kier molecular flexibility index (Phi) is 4.53. The Hall–Kier alpha value is -1.87. The van der Waals surface area contributed by atoms with Crippen molar-refractivity contribution in [1.82, 2.24) is 0 Å². The summed E-state index contributed by atoms with van der Waals surface area (Å²) in [5.41, 5.74) is 7.98. The van der Waals surface area contributed by atoms with Gasteiger partial charge in [-0.3, -0.25) is 0 Å². The van der Waals surface area contributed by atoms with Gasteiger partial charge >= 0.3 is 0 Å². The SMILES string of the molecule is CCc1ccc(OCC(N)c2cccc(F)c2)cc1. The summed E-state index contributed by atoms with van der Waals surface area (Å²) in [6, 6.07) is 13.9. The van der Waals surface area contributed by atoms with Crippen LogP contribution in [0.5, 0.6) is 5.75 Å². The van der Waals surface area contributed by atoms with Crippen molar-refractivity contribution < 1.29 is 9.13 Å². The van der Waals surface area contributed by atoms with E-state index < -0.39 is 0 Å². The van der Waals surface area contributed by atoms with Gasteiger partial charge in [-0.25, -0.2) is 4.39 Å². The molecule has 0 fully saturated rings. The topological polar surface area (TPSA) is 35.2 Å². The Morgan fingerprint density at radius 2 is 1.89 bits per heavy atom. The third-order valence-electron chi connectivity index (χ3n) is 3.04. The van der Waals surface area contributed by atoms with Crippen LogP contribution in [0.25, 0.3) is 0 Å². The number of nitrogens with two attached hydrogens (primary N) is 1. The minimum absolute atomic E-state index is 0.278. The molecule has 2 aromatic carbocycles. The number of benzene rings is 2. The summed E-state index contributed by atoms with van der Waals surface area (Å²) in [7, 11) is 0. The van der Waals surface area contributed by atoms with E-state index in [-0.39, 0.29) is 11.9 Å². The molecule has 1 atom stereocenters. The van der Waals surface area contributed by atoms with Crippen molar-refractivity contribution in [3.63, 3.8) is 0 Å². The molecule has 2 N–H and O–H groups in total. The lowest BCUT2D eigenvalue weighted by molar-refractivity contribution is 0.290. The zero-order valence-electron chi connectivity index (χ0n) is 11.0. The Morgan fingerprint density at radius 1 is 1.16 bits per heavy atom. The van der Waals surface area contributed by atoms with Crippen LogP contribution < -0.4 is 10.5 Å². The van der Waals surface area contributed by atoms with Crippen molar-refractivity contribution in [2.75, 3.05) is 6.61 Å². The van der Waals surface area contributed by atoms with Gasteiger partial charge in [-0.05, 0) is 41.8 Å². The van der Waals surface area contributed by atoms with E-state index in [9.17, 15) is 4.39 Å². The van der Waals surface area contributed by atoms with Gasteiger partial charge in [0.25, 0.3) is 0 Å². The largest absolute Gasteiger partial charge is 0.492 e. The lowest BCUT2D eigenvalue weighted by Crippen LogP contribution is -2.19. The van der Waals surface area contributed by atoms with Gasteiger partial charge in [-0.2, -0.15) is 0 Å². The number of hydrogen-bond acceptors (Lipinski definition) is 2. The first-order valence-corrected chi connectivity index (χ1v) is 6.42. The third-order valence-corrected chi connectivity index (χ3v) is 3.04. The predicted molar refractivity (Wildman–Crippen MR) is 74.6 cm³/mol. The third kappa shape index (κ3) is 3.80. The predicted octanol–water partition coefficient (Wildman–Crippen LogP) is 3.47. The van der Waals surface area contributed by atoms with E-state index in [2.05, 4.69) is 6.92 Å². The molecule has 100 valence electrons. The second-order valence-corrected chi connectivity index (χ2v) is 4.47. The average Bonchev–Trinajstić information content (AvgIpc) is 2.45. The van der Waals surface area contributed by atoms with Crippen LogP contribution in [0.3, 0.4) is 0 Å². The van der Waals surface area contributed by atoms with Crippen molar-refractivity contribution in [3.8, 4) is 5.75 Å². The van der Waals surface area contributed by atoms with Crippen LogP contribution in [0.2, 0.25) is 0 Å². The standard InChI is InChI=1S/C16H18FNO/c1-2-12-6-8-15(9-7-12)19-11-16(18)13-4-3-5-14(17)10-13/h3-10,16H,2,11,18H2,1H3. The Labute approximate surface area is 113 Å². The quantitative estimate of drug-likeness (QED) is 0.892. The van der Waals surface area contributed by atoms with Crippen molar-refractivity contribution >= 4 is 0 Å². The van der Waals surface area contributed by atoms with Crippen LogP contribution in [-0.4, -0.2) is 6.61 Å². The number of aryl methyl sites for hydroxylation is 1. The molecular formula is C16H18FNO. The fourth-order valence-corrected chi connectivity index (χ4v) is 1.84. The maximum Gasteiger partial charge on any atom is 0.123 e. The molecule has 0 aromatic heterocycles. The smallest absolute Gasteiger partial charge is 0.123 e. The number of hydrogen-bond donors (Lipinski definition) is 1. The normalized spacial score (nSPS) is 12.2. The van der Waals surface area contributed by atoms with E-state index in [0.717, 1.165) is 17.7 Å². The Bertz CT molecular complexity index is 525. The molecule has 1 unspecified atom stereocenters. The first kappa shape index (κ1) is 13.6. The molecule has 0 saturated heterocycles. The number of ether oxygens (including phenoxy) is 1. The molecule has 0 bridgehead atoms. The van der Waals surface area contributed by atoms with Gasteiger partial charge in [0, 0.05) is 0 Å². The molecule has 19 heavy (non-hydrogen) atoms. The lowest BCUT2D eigenvalue weighted by Gasteiger charge is -2.14. The van der Waals surface area contributed by atoms with Gasteiger partial charge in [0.2, 0.25) is 0 Å². The zero-order chi connectivity index (χ0) is 13.7. The molecule has 0 aliphatic rings. The molecule has 3 heteroatoms. The van der Waals surface area contributed by atoms with Crippen molar-refractivity contribution in [2.24, 2.45) is 5.73 Å². The van der Waals surface area contributed by atoms with Crippen LogP contribution in [0.4, 0.5) is 4.39 Å². The number of rotatable bonds is 5. The van der Waals surface area contributed by atoms with Crippen molar-refractivity contribution in [3.05, 3.63) is 65.5 Å². The molecule has 0 aliphatic heterocycles. The van der Waals surface area contributed by atoms with Crippen LogP contribution in [0, 0.1) is 5.82 Å². The molecule has 0 spiro atoms. The highest BCUT2D eigenvalue weighted by Crippen LogP contribution is 2.16. The van der Waals surface area contributed by atoms with Crippen LogP contribution >= 0.6 is 0 Å². The van der Waals surface area contributed by atoms with Crippen LogP contribution in [-0.2, 0) is 6.42 Å². The maximum absolute atomic E-state index is 13.1. The lowest BCUT2D eigenvalue weighted by atomic mass is 10.1. The van der Waals surface area contributed by atoms with Crippen LogP contribution in [0.15, 0.2) is 48.5 Å². The van der Waals surface area contributed by atoms with Crippen LogP contribution in [0.1, 0.15) is 24.1 Å². The number of halogens is 1. The van der Waals surface area contributed by atoms with E-state index >= 15 is 0 Å². The summed E-state index contributed by atoms with van der Waals surface area (Å²) in [6.07, 6.45) is 1.00. The van der Waals surface area contributed by atoms with Crippen molar-refractivity contribution in [1.29, 1.82) is 0 Å². The molecule has 2 rings (SSSR count). The molecule has 2 aromatic rings. The minimum Gasteiger partial charge on any atom is -0.492 e. The molecule has 0 radical (unpaired) electrons. The van der Waals surface area contributed by atoms with Crippen molar-refractivity contribution in [2.45, 2.75) is 19.4 Å². The van der Waals surface area contributed by atoms with E-state index in [0.29, 0.717) is 6.61 Å². The van der Waals surface area contributed by atoms with E-state index in [1.165, 1.54) is 17.7 Å². The van der Waals surface area contributed by atoms with E-state index in [1.807, 2.05) is 24.3 Å². The second kappa shape index (κ2) is 6.34. The molecule has 0 aliphatic carbocycles. The zero-order valence-corrected chi connectivity index (χ0v) is 11.0. The van der Waals surface area contributed by atoms with E-state index in [1.54, 1.807) is 12.1 Å². The Morgan fingerprint density at radius 3 is 2.53 bits per heavy atom.